The number of hydrogen-bond donors (Lipinski definition) is 2. The quantitative estimate of drug-likeness (QED) is 0.697. The molecular weight excluding hydrogens is 185 g/mol. The standard InChI is InChI=1S/C9H14NO2P/c10-13-12-9(7-11)6-8-4-2-1-3-5-8/h1-5,9,11,13H,6-7,10H2/t9-/m1/s1. The normalized spacial score (nSPS) is 13.7. The summed E-state index contributed by atoms with van der Waals surface area (Å²) in [4.78, 5) is 0. The SMILES string of the molecule is NPO[C@@H](CO)Cc1ccccc1. The Bertz CT molecular complexity index is 230. The zero-order valence-electron chi connectivity index (χ0n) is 7.31. The Morgan fingerprint density at radius 3 is 2.62 bits per heavy atom. The van der Waals surface area contributed by atoms with Crippen LogP contribution >= 0.6 is 8.96 Å². The van der Waals surface area contributed by atoms with Crippen molar-refractivity contribution in [3.8, 4) is 0 Å². The van der Waals surface area contributed by atoms with Gasteiger partial charge in [-0.15, -0.1) is 0 Å². The zero-order valence-corrected chi connectivity index (χ0v) is 8.31. The molecule has 3 N–H and O–H groups in total. The van der Waals surface area contributed by atoms with Crippen LogP contribution in [0.1, 0.15) is 5.56 Å². The van der Waals surface area contributed by atoms with Crippen LogP contribution in [-0.4, -0.2) is 17.8 Å². The lowest BCUT2D eigenvalue weighted by molar-refractivity contribution is 0.131. The van der Waals surface area contributed by atoms with Gasteiger partial charge in [-0.3, -0.25) is 5.50 Å². The summed E-state index contributed by atoms with van der Waals surface area (Å²) in [6.07, 6.45) is 0.535. The molecule has 0 saturated carbocycles. The number of rotatable bonds is 5. The van der Waals surface area contributed by atoms with E-state index in [2.05, 4.69) is 0 Å². The third kappa shape index (κ3) is 3.83. The second-order valence-corrected chi connectivity index (χ2v) is 3.20. The van der Waals surface area contributed by atoms with Crippen molar-refractivity contribution in [2.75, 3.05) is 6.61 Å². The summed E-state index contributed by atoms with van der Waals surface area (Å²) in [6, 6.07) is 9.91. The molecule has 1 unspecified atom stereocenters. The lowest BCUT2D eigenvalue weighted by Crippen LogP contribution is -2.17. The molecule has 1 aromatic carbocycles. The predicted molar refractivity (Wildman–Crippen MR) is 54.6 cm³/mol. The lowest BCUT2D eigenvalue weighted by Gasteiger charge is -2.13. The fourth-order valence-electron chi connectivity index (χ4n) is 1.12. The molecule has 0 radical (unpaired) electrons. The molecule has 2 atom stereocenters. The molecule has 0 saturated heterocycles. The Hall–Kier alpha value is -0.470. The van der Waals surface area contributed by atoms with Gasteiger partial charge in [0.1, 0.15) is 0 Å². The summed E-state index contributed by atoms with van der Waals surface area (Å²) in [5, 5.41) is 8.94. The third-order valence-electron chi connectivity index (χ3n) is 1.74. The van der Waals surface area contributed by atoms with Gasteiger partial charge in [0.05, 0.1) is 21.7 Å². The van der Waals surface area contributed by atoms with Crippen molar-refractivity contribution < 1.29 is 9.63 Å². The maximum absolute atomic E-state index is 8.94. The first-order valence-electron chi connectivity index (χ1n) is 4.13. The van der Waals surface area contributed by atoms with Gasteiger partial charge in [-0.2, -0.15) is 0 Å². The first kappa shape index (κ1) is 10.6. The largest absolute Gasteiger partial charge is 0.394 e. The molecule has 1 rings (SSSR count). The minimum Gasteiger partial charge on any atom is -0.394 e. The smallest absolute Gasteiger partial charge is 0.0902 e. The topological polar surface area (TPSA) is 55.5 Å². The Labute approximate surface area is 79.8 Å². The maximum Gasteiger partial charge on any atom is 0.0902 e. The van der Waals surface area contributed by atoms with Crippen LogP contribution in [0.2, 0.25) is 0 Å². The molecule has 0 aliphatic carbocycles. The Morgan fingerprint density at radius 2 is 2.08 bits per heavy atom. The molecule has 0 bridgehead atoms. The van der Waals surface area contributed by atoms with Crippen LogP contribution in [0.15, 0.2) is 30.3 Å². The summed E-state index contributed by atoms with van der Waals surface area (Å²) in [7, 11) is -0.0634. The maximum atomic E-state index is 8.94. The molecule has 0 aromatic heterocycles. The predicted octanol–water partition coefficient (Wildman–Crippen LogP) is 1.07. The molecule has 0 amide bonds. The molecular formula is C9H14NO2P. The van der Waals surface area contributed by atoms with Crippen molar-refractivity contribution in [3.63, 3.8) is 0 Å². The van der Waals surface area contributed by atoms with E-state index in [4.69, 9.17) is 15.1 Å². The first-order valence-corrected chi connectivity index (χ1v) is 5.11. The van der Waals surface area contributed by atoms with Gasteiger partial charge in [0.25, 0.3) is 0 Å². The highest BCUT2D eigenvalue weighted by molar-refractivity contribution is 7.29. The molecule has 0 aliphatic heterocycles. The van der Waals surface area contributed by atoms with Crippen LogP contribution < -0.4 is 5.50 Å². The van der Waals surface area contributed by atoms with E-state index in [0.29, 0.717) is 6.42 Å². The van der Waals surface area contributed by atoms with Crippen molar-refractivity contribution in [1.29, 1.82) is 0 Å². The molecule has 1 aromatic rings. The minimum absolute atomic E-state index is 0.0130. The number of aliphatic hydroxyl groups is 1. The molecule has 13 heavy (non-hydrogen) atoms. The van der Waals surface area contributed by atoms with Gasteiger partial charge in [-0.1, -0.05) is 30.3 Å². The number of nitrogens with two attached hydrogens (primary N) is 1. The molecule has 0 fully saturated rings. The molecule has 0 aliphatic rings. The monoisotopic (exact) mass is 199 g/mol. The van der Waals surface area contributed by atoms with Gasteiger partial charge in [-0.05, 0) is 5.56 Å². The highest BCUT2D eigenvalue weighted by Gasteiger charge is 2.07. The average Bonchev–Trinajstić information content (AvgIpc) is 2.19. The molecule has 4 heteroatoms. The van der Waals surface area contributed by atoms with E-state index in [0.717, 1.165) is 5.56 Å². The highest BCUT2D eigenvalue weighted by Crippen LogP contribution is 2.11. The van der Waals surface area contributed by atoms with Crippen molar-refractivity contribution in [2.45, 2.75) is 12.5 Å². The van der Waals surface area contributed by atoms with Gasteiger partial charge in [0.15, 0.2) is 0 Å². The zero-order chi connectivity index (χ0) is 9.52. The Morgan fingerprint density at radius 1 is 1.38 bits per heavy atom. The van der Waals surface area contributed by atoms with Gasteiger partial charge >= 0.3 is 0 Å². The van der Waals surface area contributed by atoms with E-state index in [1.54, 1.807) is 0 Å². The van der Waals surface area contributed by atoms with Gasteiger partial charge in [0, 0.05) is 6.42 Å². The van der Waals surface area contributed by atoms with Gasteiger partial charge in [0.2, 0.25) is 0 Å². The second kappa shape index (κ2) is 6.06. The van der Waals surface area contributed by atoms with E-state index < -0.39 is 0 Å². The van der Waals surface area contributed by atoms with Crippen LogP contribution in [-0.2, 0) is 10.9 Å². The van der Waals surface area contributed by atoms with Crippen LogP contribution in [0.4, 0.5) is 0 Å². The summed E-state index contributed by atoms with van der Waals surface area (Å²) >= 11 is 0. The average molecular weight is 199 g/mol. The van der Waals surface area contributed by atoms with Crippen LogP contribution in [0.25, 0.3) is 0 Å². The van der Waals surface area contributed by atoms with E-state index in [9.17, 15) is 0 Å². The van der Waals surface area contributed by atoms with E-state index in [1.165, 1.54) is 0 Å². The second-order valence-electron chi connectivity index (χ2n) is 2.73. The van der Waals surface area contributed by atoms with Crippen molar-refractivity contribution in [1.82, 2.24) is 0 Å². The van der Waals surface area contributed by atoms with E-state index in [-0.39, 0.29) is 21.7 Å². The summed E-state index contributed by atoms with van der Waals surface area (Å²) in [6.45, 7) is 0.0130. The number of hydrogen-bond acceptors (Lipinski definition) is 3. The summed E-state index contributed by atoms with van der Waals surface area (Å²) in [5.41, 5.74) is 6.41. The molecule has 72 valence electrons. The van der Waals surface area contributed by atoms with Crippen molar-refractivity contribution >= 4 is 8.96 Å². The van der Waals surface area contributed by atoms with Gasteiger partial charge in [-0.25, -0.2) is 0 Å². The van der Waals surface area contributed by atoms with Crippen LogP contribution in [0, 0.1) is 0 Å². The third-order valence-corrected chi connectivity index (χ3v) is 2.21. The highest BCUT2D eigenvalue weighted by atomic mass is 31.1. The Balaban J connectivity index is 2.46. The van der Waals surface area contributed by atoms with E-state index >= 15 is 0 Å². The van der Waals surface area contributed by atoms with E-state index in [1.807, 2.05) is 30.3 Å². The van der Waals surface area contributed by atoms with Crippen molar-refractivity contribution in [2.24, 2.45) is 5.50 Å². The van der Waals surface area contributed by atoms with Crippen molar-refractivity contribution in [3.05, 3.63) is 35.9 Å². The number of benzene rings is 1. The summed E-state index contributed by atoms with van der Waals surface area (Å²) in [5.74, 6) is 0. The van der Waals surface area contributed by atoms with Crippen LogP contribution in [0.3, 0.4) is 0 Å². The number of aliphatic hydroxyl groups excluding tert-OH is 1. The molecule has 0 heterocycles. The first-order chi connectivity index (χ1) is 6.36. The molecule has 0 spiro atoms. The van der Waals surface area contributed by atoms with Gasteiger partial charge < -0.3 is 9.63 Å². The van der Waals surface area contributed by atoms with Crippen LogP contribution in [0.5, 0.6) is 0 Å². The fourth-order valence-corrected chi connectivity index (χ4v) is 1.47. The summed E-state index contributed by atoms with van der Waals surface area (Å²) < 4.78 is 5.15. The lowest BCUT2D eigenvalue weighted by atomic mass is 10.1. The fraction of sp³-hybridized carbons (Fsp3) is 0.333. The molecule has 3 nitrogen and oxygen atoms in total. The Kier molecular flexibility index (Phi) is 4.94. The minimum atomic E-state index is -0.175.